The van der Waals surface area contributed by atoms with Crippen LogP contribution in [0.5, 0.6) is 0 Å². The zero-order valence-corrected chi connectivity index (χ0v) is 13.0. The van der Waals surface area contributed by atoms with Gasteiger partial charge in [-0.15, -0.1) is 0 Å². The van der Waals surface area contributed by atoms with Crippen LogP contribution in [0, 0.1) is 5.92 Å². The van der Waals surface area contributed by atoms with Crippen LogP contribution in [0.3, 0.4) is 0 Å². The van der Waals surface area contributed by atoms with E-state index >= 15 is 0 Å². The molecule has 1 aromatic heterocycles. The maximum atomic E-state index is 10.5. The summed E-state index contributed by atoms with van der Waals surface area (Å²) in [6, 6.07) is 0. The van der Waals surface area contributed by atoms with Crippen molar-refractivity contribution in [3.8, 4) is 0 Å². The molecule has 1 N–H and O–H groups in total. The maximum absolute atomic E-state index is 10.5. The molecule has 1 unspecified atom stereocenters. The van der Waals surface area contributed by atoms with Crippen LogP contribution in [0.1, 0.15) is 56.7 Å². The monoisotopic (exact) mass is 300 g/mol. The number of rotatable bonds is 6. The lowest BCUT2D eigenvalue weighted by atomic mass is 9.92. The fraction of sp³-hybridized carbons (Fsp3) is 0.800. The van der Waals surface area contributed by atoms with Crippen LogP contribution in [0.15, 0.2) is 6.20 Å². The van der Waals surface area contributed by atoms with Crippen LogP contribution in [-0.4, -0.2) is 28.6 Å². The van der Waals surface area contributed by atoms with Gasteiger partial charge in [0.15, 0.2) is 0 Å². The van der Waals surface area contributed by atoms with E-state index < -0.39 is 6.10 Å². The normalized spacial score (nSPS) is 18.9. The fourth-order valence-electron chi connectivity index (χ4n) is 3.09. The lowest BCUT2D eigenvalue weighted by Gasteiger charge is -2.20. The molecule has 2 rings (SSSR count). The molecule has 1 aromatic rings. The molecule has 1 saturated carbocycles. The second kappa shape index (κ2) is 8.01. The first-order chi connectivity index (χ1) is 9.72. The van der Waals surface area contributed by atoms with E-state index in [0.29, 0.717) is 24.1 Å². The van der Waals surface area contributed by atoms with E-state index in [1.807, 2.05) is 0 Å². The van der Waals surface area contributed by atoms with E-state index in [-0.39, 0.29) is 0 Å². The quantitative estimate of drug-likeness (QED) is 0.817. The minimum atomic E-state index is -0.523. The largest absolute Gasteiger partial charge is 0.387 e. The first-order valence-corrected chi connectivity index (χ1v) is 7.98. The molecule has 114 valence electrons. The van der Waals surface area contributed by atoms with Crippen LogP contribution >= 0.6 is 11.6 Å². The number of methoxy groups -OCH3 is 1. The average molecular weight is 301 g/mol. The summed E-state index contributed by atoms with van der Waals surface area (Å²) in [4.78, 5) is 0. The van der Waals surface area contributed by atoms with Crippen LogP contribution in [0.2, 0.25) is 5.02 Å². The van der Waals surface area contributed by atoms with Gasteiger partial charge < -0.3 is 9.84 Å². The summed E-state index contributed by atoms with van der Waals surface area (Å²) in [5.74, 6) is 0.606. The first-order valence-electron chi connectivity index (χ1n) is 7.60. The Morgan fingerprint density at radius 3 is 2.75 bits per heavy atom. The second-order valence-corrected chi connectivity index (χ2v) is 6.11. The maximum Gasteiger partial charge on any atom is 0.0974 e. The Kier molecular flexibility index (Phi) is 6.33. The van der Waals surface area contributed by atoms with Crippen LogP contribution < -0.4 is 0 Å². The van der Waals surface area contributed by atoms with E-state index in [1.165, 1.54) is 38.5 Å². The zero-order chi connectivity index (χ0) is 14.4. The van der Waals surface area contributed by atoms with Gasteiger partial charge in [0.25, 0.3) is 0 Å². The number of hydrogen-bond donors (Lipinski definition) is 1. The molecule has 0 spiro atoms. The predicted octanol–water partition coefficient (Wildman–Crippen LogP) is 3.58. The van der Waals surface area contributed by atoms with Crippen molar-refractivity contribution in [1.29, 1.82) is 0 Å². The van der Waals surface area contributed by atoms with Gasteiger partial charge in [-0.1, -0.05) is 50.1 Å². The number of aromatic nitrogens is 2. The molecule has 1 atom stereocenters. The number of hydrogen-bond acceptors (Lipinski definition) is 3. The summed E-state index contributed by atoms with van der Waals surface area (Å²) in [5, 5.41) is 15.3. The third-order valence-corrected chi connectivity index (χ3v) is 4.48. The second-order valence-electron chi connectivity index (χ2n) is 5.70. The van der Waals surface area contributed by atoms with E-state index in [2.05, 4.69) is 5.10 Å². The standard InChI is InChI=1S/C15H25ClN2O2/c1-20-9-8-18-15(13(16)11-17-18)14(19)10-12-6-4-2-3-5-7-12/h11-12,14,19H,2-10H2,1H3. The molecule has 20 heavy (non-hydrogen) atoms. The Hall–Kier alpha value is -0.580. The van der Waals surface area contributed by atoms with Gasteiger partial charge in [-0.3, -0.25) is 4.68 Å². The molecule has 0 radical (unpaired) electrons. The van der Waals surface area contributed by atoms with Crippen molar-refractivity contribution in [3.05, 3.63) is 16.9 Å². The number of aliphatic hydroxyl groups excluding tert-OH is 1. The molecule has 1 fully saturated rings. The summed E-state index contributed by atoms with van der Waals surface area (Å²) in [5.41, 5.74) is 0.743. The van der Waals surface area contributed by atoms with Crippen molar-refractivity contribution in [2.75, 3.05) is 13.7 Å². The van der Waals surface area contributed by atoms with Crippen molar-refractivity contribution < 1.29 is 9.84 Å². The Morgan fingerprint density at radius 1 is 1.40 bits per heavy atom. The SMILES string of the molecule is COCCn1ncc(Cl)c1C(O)CC1CCCCCC1. The van der Waals surface area contributed by atoms with Crippen LogP contribution in [0.25, 0.3) is 0 Å². The highest BCUT2D eigenvalue weighted by Gasteiger charge is 2.22. The van der Waals surface area contributed by atoms with Gasteiger partial charge in [-0.05, 0) is 12.3 Å². The van der Waals surface area contributed by atoms with Gasteiger partial charge in [0, 0.05) is 7.11 Å². The molecule has 5 heteroatoms. The van der Waals surface area contributed by atoms with Gasteiger partial charge in [0.1, 0.15) is 0 Å². The highest BCUT2D eigenvalue weighted by molar-refractivity contribution is 6.31. The molecular weight excluding hydrogens is 276 g/mol. The predicted molar refractivity (Wildman–Crippen MR) is 79.9 cm³/mol. The van der Waals surface area contributed by atoms with Crippen LogP contribution in [0.4, 0.5) is 0 Å². The van der Waals surface area contributed by atoms with Gasteiger partial charge >= 0.3 is 0 Å². The third kappa shape index (κ3) is 4.21. The van der Waals surface area contributed by atoms with E-state index in [0.717, 1.165) is 12.1 Å². The highest BCUT2D eigenvalue weighted by Crippen LogP contribution is 2.33. The van der Waals surface area contributed by atoms with Crippen molar-refractivity contribution in [3.63, 3.8) is 0 Å². The molecule has 0 aliphatic heterocycles. The van der Waals surface area contributed by atoms with Gasteiger partial charge in [-0.2, -0.15) is 5.10 Å². The van der Waals surface area contributed by atoms with Crippen LogP contribution in [-0.2, 0) is 11.3 Å². The van der Waals surface area contributed by atoms with Gasteiger partial charge in [0.2, 0.25) is 0 Å². The number of ether oxygens (including phenoxy) is 1. The van der Waals surface area contributed by atoms with Crippen molar-refractivity contribution in [2.24, 2.45) is 5.92 Å². The summed E-state index contributed by atoms with van der Waals surface area (Å²) < 4.78 is 6.84. The smallest absolute Gasteiger partial charge is 0.0974 e. The minimum Gasteiger partial charge on any atom is -0.387 e. The molecule has 1 aliphatic carbocycles. The van der Waals surface area contributed by atoms with Gasteiger partial charge in [0.05, 0.1) is 36.2 Å². The minimum absolute atomic E-state index is 0.523. The first kappa shape index (κ1) is 15.8. The summed E-state index contributed by atoms with van der Waals surface area (Å²) >= 11 is 6.18. The van der Waals surface area contributed by atoms with Crippen molar-refractivity contribution in [1.82, 2.24) is 9.78 Å². The third-order valence-electron chi connectivity index (χ3n) is 4.19. The molecule has 0 bridgehead atoms. The molecular formula is C15H25ClN2O2. The molecule has 0 aromatic carbocycles. The Balaban J connectivity index is 2.00. The number of nitrogens with zero attached hydrogens (tertiary/aromatic N) is 2. The Morgan fingerprint density at radius 2 is 2.10 bits per heavy atom. The van der Waals surface area contributed by atoms with E-state index in [4.69, 9.17) is 16.3 Å². The Labute approximate surface area is 126 Å². The summed E-state index contributed by atoms with van der Waals surface area (Å²) in [7, 11) is 1.66. The molecule has 0 amide bonds. The molecule has 4 nitrogen and oxygen atoms in total. The van der Waals surface area contributed by atoms with E-state index in [9.17, 15) is 5.11 Å². The Bertz CT molecular complexity index is 401. The van der Waals surface area contributed by atoms with Gasteiger partial charge in [-0.25, -0.2) is 0 Å². The molecule has 0 saturated heterocycles. The highest BCUT2D eigenvalue weighted by atomic mass is 35.5. The summed E-state index contributed by atoms with van der Waals surface area (Å²) in [6.45, 7) is 1.20. The van der Waals surface area contributed by atoms with E-state index in [1.54, 1.807) is 18.0 Å². The molecule has 1 heterocycles. The lowest BCUT2D eigenvalue weighted by molar-refractivity contribution is 0.124. The molecule has 1 aliphatic rings. The number of halogens is 1. The average Bonchev–Trinajstić information content (AvgIpc) is 2.63. The fourth-order valence-corrected chi connectivity index (χ4v) is 3.35. The topological polar surface area (TPSA) is 47.3 Å². The van der Waals surface area contributed by atoms with Crippen molar-refractivity contribution in [2.45, 2.75) is 57.6 Å². The zero-order valence-electron chi connectivity index (χ0n) is 12.2. The lowest BCUT2D eigenvalue weighted by Crippen LogP contribution is -2.15. The number of aliphatic hydroxyl groups is 1. The van der Waals surface area contributed by atoms with Crippen molar-refractivity contribution >= 4 is 11.6 Å². The summed E-state index contributed by atoms with van der Waals surface area (Å²) in [6.07, 6.45) is 9.56.